The number of hydrogen-bond donors (Lipinski definition) is 1. The summed E-state index contributed by atoms with van der Waals surface area (Å²) in [6.45, 7) is 3.29. The number of rotatable bonds is 6. The minimum Gasteiger partial charge on any atom is -0.466 e. The molecule has 2 aromatic heterocycles. The van der Waals surface area contributed by atoms with Gasteiger partial charge >= 0.3 is 5.97 Å². The van der Waals surface area contributed by atoms with Crippen molar-refractivity contribution in [3.05, 3.63) is 51.0 Å². The lowest BCUT2D eigenvalue weighted by Gasteiger charge is -2.31. The second-order valence-electron chi connectivity index (χ2n) is 7.64. The Balaban J connectivity index is 1.49. The predicted octanol–water partition coefficient (Wildman–Crippen LogP) is 1.88. The van der Waals surface area contributed by atoms with Crippen molar-refractivity contribution in [1.29, 1.82) is 0 Å². The molecule has 1 aliphatic rings. The molecule has 0 radical (unpaired) electrons. The highest BCUT2D eigenvalue weighted by atomic mass is 35.5. The van der Waals surface area contributed by atoms with E-state index in [2.05, 4.69) is 20.3 Å². The Morgan fingerprint density at radius 2 is 2.06 bits per heavy atom. The summed E-state index contributed by atoms with van der Waals surface area (Å²) in [6.07, 6.45) is 0.992. The fourth-order valence-electron chi connectivity index (χ4n) is 3.84. The molecular weight excluding hydrogens is 436 g/mol. The molecule has 1 fully saturated rings. The molecule has 0 atom stereocenters. The fraction of sp³-hybridized carbons (Fsp3) is 0.429. The van der Waals surface area contributed by atoms with Crippen molar-refractivity contribution in [2.75, 3.05) is 19.7 Å². The zero-order valence-corrected chi connectivity index (χ0v) is 18.3. The van der Waals surface area contributed by atoms with E-state index in [1.54, 1.807) is 22.6 Å². The number of aromatic nitrogens is 5. The normalized spacial score (nSPS) is 14.6. The van der Waals surface area contributed by atoms with E-state index < -0.39 is 5.97 Å². The number of fused-ring (bicyclic) bond motifs is 1. The van der Waals surface area contributed by atoms with E-state index in [-0.39, 0.29) is 35.9 Å². The van der Waals surface area contributed by atoms with Crippen molar-refractivity contribution >= 4 is 34.6 Å². The van der Waals surface area contributed by atoms with E-state index in [0.717, 1.165) is 5.56 Å². The number of esters is 1. The third-order valence-electron chi connectivity index (χ3n) is 5.45. The third kappa shape index (κ3) is 4.80. The van der Waals surface area contributed by atoms with Gasteiger partial charge in [-0.2, -0.15) is 0 Å². The minimum absolute atomic E-state index is 0.0201. The number of benzene rings is 1. The van der Waals surface area contributed by atoms with E-state index in [0.29, 0.717) is 49.0 Å². The van der Waals surface area contributed by atoms with Crippen molar-refractivity contribution < 1.29 is 14.3 Å². The monoisotopic (exact) mass is 458 g/mol. The van der Waals surface area contributed by atoms with E-state index in [9.17, 15) is 14.4 Å². The molecule has 1 aliphatic heterocycles. The van der Waals surface area contributed by atoms with Crippen LogP contribution >= 0.6 is 11.6 Å². The average molecular weight is 459 g/mol. The Hall–Kier alpha value is -3.27. The first kappa shape index (κ1) is 21.9. The van der Waals surface area contributed by atoms with Gasteiger partial charge < -0.3 is 14.6 Å². The summed E-state index contributed by atoms with van der Waals surface area (Å²) in [4.78, 5) is 45.5. The second-order valence-corrected chi connectivity index (χ2v) is 8.07. The van der Waals surface area contributed by atoms with Gasteiger partial charge in [-0.15, -0.1) is 5.10 Å². The maximum Gasteiger partial charge on any atom is 0.315 e. The number of ether oxygens (including phenoxy) is 1. The Morgan fingerprint density at radius 1 is 1.28 bits per heavy atom. The number of nitrogens with zero attached hydrogens (tertiary/aromatic N) is 5. The number of likely N-dealkylation sites (tertiary alicyclic amines) is 1. The Labute approximate surface area is 188 Å². The van der Waals surface area contributed by atoms with Gasteiger partial charge in [0.25, 0.3) is 5.56 Å². The fourth-order valence-corrected chi connectivity index (χ4v) is 4.05. The van der Waals surface area contributed by atoms with E-state index >= 15 is 0 Å². The molecule has 0 spiro atoms. The minimum atomic E-state index is -0.517. The molecule has 1 aromatic carbocycles. The van der Waals surface area contributed by atoms with Crippen molar-refractivity contribution in [3.63, 3.8) is 0 Å². The third-order valence-corrected chi connectivity index (χ3v) is 5.68. The number of carbonyl (C=O) groups excluding carboxylic acids is 2. The summed E-state index contributed by atoms with van der Waals surface area (Å²) < 4.78 is 6.42. The summed E-state index contributed by atoms with van der Waals surface area (Å²) in [6, 6.07) is 7.37. The molecule has 11 heteroatoms. The van der Waals surface area contributed by atoms with E-state index in [1.807, 2.05) is 18.2 Å². The molecule has 3 heterocycles. The van der Waals surface area contributed by atoms with Gasteiger partial charge in [0.15, 0.2) is 11.2 Å². The van der Waals surface area contributed by atoms with Gasteiger partial charge in [0.05, 0.1) is 13.2 Å². The standard InChI is InChI=1S/C21H23ClN6O4/c1-2-32-17(30)11-16(29)27-8-6-14(7-9-27)19-23-20-18(21(31)24-19)25-26-28(20)12-13-4-3-5-15(22)10-13/h3-5,10,14H,2,6-9,11-12H2,1H3,(H,23,24,31). The quantitative estimate of drug-likeness (QED) is 0.441. The van der Waals surface area contributed by atoms with Gasteiger partial charge in [0, 0.05) is 24.0 Å². The number of hydrogen-bond acceptors (Lipinski definition) is 7. The van der Waals surface area contributed by atoms with Crippen LogP contribution in [0.1, 0.15) is 43.5 Å². The summed E-state index contributed by atoms with van der Waals surface area (Å²) in [5.41, 5.74) is 1.16. The van der Waals surface area contributed by atoms with Crippen LogP contribution in [0, 0.1) is 0 Å². The first-order valence-electron chi connectivity index (χ1n) is 10.5. The molecule has 168 valence electrons. The van der Waals surface area contributed by atoms with Crippen LogP contribution in [0.5, 0.6) is 0 Å². The van der Waals surface area contributed by atoms with Crippen LogP contribution in [0.3, 0.4) is 0 Å². The van der Waals surface area contributed by atoms with Crippen molar-refractivity contribution in [1.82, 2.24) is 29.9 Å². The number of H-pyrrole nitrogens is 1. The highest BCUT2D eigenvalue weighted by molar-refractivity contribution is 6.30. The molecule has 1 amide bonds. The number of aromatic amines is 1. The highest BCUT2D eigenvalue weighted by Gasteiger charge is 2.27. The smallest absolute Gasteiger partial charge is 0.315 e. The van der Waals surface area contributed by atoms with E-state index in [4.69, 9.17) is 16.3 Å². The summed E-state index contributed by atoms with van der Waals surface area (Å²) in [5.74, 6) is -0.234. The Morgan fingerprint density at radius 3 is 2.78 bits per heavy atom. The largest absolute Gasteiger partial charge is 0.466 e. The lowest BCUT2D eigenvalue weighted by molar-refractivity contribution is -0.149. The second kappa shape index (κ2) is 9.47. The molecule has 32 heavy (non-hydrogen) atoms. The molecule has 0 aliphatic carbocycles. The lowest BCUT2D eigenvalue weighted by atomic mass is 9.95. The van der Waals surface area contributed by atoms with Gasteiger partial charge in [-0.05, 0) is 37.5 Å². The zero-order chi connectivity index (χ0) is 22.7. The van der Waals surface area contributed by atoms with Crippen molar-refractivity contribution in [2.45, 2.75) is 38.6 Å². The summed E-state index contributed by atoms with van der Waals surface area (Å²) in [5, 5.41) is 8.68. The van der Waals surface area contributed by atoms with Gasteiger partial charge in [0.2, 0.25) is 5.91 Å². The molecule has 0 saturated carbocycles. The first-order valence-corrected chi connectivity index (χ1v) is 10.8. The lowest BCUT2D eigenvalue weighted by Crippen LogP contribution is -2.39. The van der Waals surface area contributed by atoms with Crippen molar-refractivity contribution in [3.8, 4) is 0 Å². The molecular formula is C21H23ClN6O4. The number of halogens is 1. The number of carbonyl (C=O) groups is 2. The van der Waals surface area contributed by atoms with Crippen LogP contribution in [0.15, 0.2) is 29.1 Å². The van der Waals surface area contributed by atoms with Gasteiger partial charge in [-0.25, -0.2) is 9.67 Å². The van der Waals surface area contributed by atoms with Gasteiger partial charge in [-0.3, -0.25) is 14.4 Å². The average Bonchev–Trinajstić information content (AvgIpc) is 3.17. The van der Waals surface area contributed by atoms with Crippen LogP contribution in [0.25, 0.3) is 11.2 Å². The first-order chi connectivity index (χ1) is 15.4. The predicted molar refractivity (Wildman–Crippen MR) is 116 cm³/mol. The molecule has 0 unspecified atom stereocenters. The number of nitrogens with one attached hydrogen (secondary N) is 1. The van der Waals surface area contributed by atoms with Crippen LogP contribution in [-0.4, -0.2) is 61.4 Å². The Kier molecular flexibility index (Phi) is 6.50. The van der Waals surface area contributed by atoms with Gasteiger partial charge in [0.1, 0.15) is 12.2 Å². The van der Waals surface area contributed by atoms with Crippen LogP contribution in [-0.2, 0) is 20.9 Å². The zero-order valence-electron chi connectivity index (χ0n) is 17.6. The molecule has 4 rings (SSSR count). The van der Waals surface area contributed by atoms with Crippen molar-refractivity contribution in [2.24, 2.45) is 0 Å². The molecule has 1 N–H and O–H groups in total. The molecule has 0 bridgehead atoms. The summed E-state index contributed by atoms with van der Waals surface area (Å²) in [7, 11) is 0. The van der Waals surface area contributed by atoms with Crippen LogP contribution in [0.4, 0.5) is 0 Å². The number of piperidine rings is 1. The van der Waals surface area contributed by atoms with Crippen LogP contribution < -0.4 is 5.56 Å². The highest BCUT2D eigenvalue weighted by Crippen LogP contribution is 2.26. The maximum atomic E-state index is 12.6. The Bertz CT molecular complexity index is 1200. The SMILES string of the molecule is CCOC(=O)CC(=O)N1CCC(c2nc3c(nnn3Cc3cccc(Cl)c3)c(=O)[nH]2)CC1. The number of amides is 1. The van der Waals surface area contributed by atoms with Crippen LogP contribution in [0.2, 0.25) is 5.02 Å². The summed E-state index contributed by atoms with van der Waals surface area (Å²) >= 11 is 6.06. The van der Waals surface area contributed by atoms with E-state index in [1.165, 1.54) is 0 Å². The topological polar surface area (TPSA) is 123 Å². The molecule has 10 nitrogen and oxygen atoms in total. The van der Waals surface area contributed by atoms with Gasteiger partial charge in [-0.1, -0.05) is 28.9 Å². The maximum absolute atomic E-state index is 12.6. The molecule has 3 aromatic rings. The molecule has 1 saturated heterocycles.